The van der Waals surface area contributed by atoms with Crippen molar-refractivity contribution in [1.29, 1.82) is 0 Å². The summed E-state index contributed by atoms with van der Waals surface area (Å²) in [5, 5.41) is 19.4. The Labute approximate surface area is 130 Å². The van der Waals surface area contributed by atoms with Crippen LogP contribution in [0.4, 0.5) is 4.79 Å². The lowest BCUT2D eigenvalue weighted by Crippen LogP contribution is -2.49. The molecule has 1 fully saturated rings. The summed E-state index contributed by atoms with van der Waals surface area (Å²) < 4.78 is 5.15. The summed E-state index contributed by atoms with van der Waals surface area (Å²) in [4.78, 5) is 16.1. The molecule has 1 heterocycles. The molecule has 1 aliphatic rings. The molecule has 7 nitrogen and oxygen atoms in total. The fourth-order valence-corrected chi connectivity index (χ4v) is 2.54. The minimum absolute atomic E-state index is 0.127. The van der Waals surface area contributed by atoms with Gasteiger partial charge in [0.15, 0.2) is 5.82 Å². The van der Waals surface area contributed by atoms with Gasteiger partial charge in [-0.3, -0.25) is 0 Å². The van der Waals surface area contributed by atoms with E-state index < -0.39 is 6.10 Å². The predicted molar refractivity (Wildman–Crippen MR) is 81.5 cm³/mol. The zero-order chi connectivity index (χ0) is 15.9. The summed E-state index contributed by atoms with van der Waals surface area (Å²) in [6.45, 7) is 4.56. The second-order valence-electron chi connectivity index (χ2n) is 6.16. The molecule has 0 saturated heterocycles. The van der Waals surface area contributed by atoms with Gasteiger partial charge in [0.25, 0.3) is 0 Å². The van der Waals surface area contributed by atoms with Crippen LogP contribution in [-0.2, 0) is 6.42 Å². The number of nitrogens with one attached hydrogen (secondary N) is 2. The molecule has 124 valence electrons. The van der Waals surface area contributed by atoms with E-state index in [0.717, 1.165) is 32.1 Å². The minimum atomic E-state index is -0.424. The summed E-state index contributed by atoms with van der Waals surface area (Å²) >= 11 is 0. The number of aryl methyl sites for hydroxylation is 1. The number of rotatable bonds is 6. The second kappa shape index (κ2) is 8.12. The SMILES string of the molecule is CC(C)c1noc(CCCNC(=O)NC2CCCCC2O)n1. The van der Waals surface area contributed by atoms with Crippen molar-refractivity contribution in [3.63, 3.8) is 0 Å². The standard InChI is InChI=1S/C15H26N4O3/c1-10(2)14-18-13(22-19-14)8-5-9-16-15(21)17-11-6-3-4-7-12(11)20/h10-12,20H,3-9H2,1-2H3,(H2,16,17,21). The summed E-state index contributed by atoms with van der Waals surface area (Å²) in [5.41, 5.74) is 0. The van der Waals surface area contributed by atoms with E-state index in [-0.39, 0.29) is 18.0 Å². The van der Waals surface area contributed by atoms with E-state index in [9.17, 15) is 9.90 Å². The van der Waals surface area contributed by atoms with E-state index in [1.807, 2.05) is 13.8 Å². The van der Waals surface area contributed by atoms with Gasteiger partial charge in [0.2, 0.25) is 5.89 Å². The Kier molecular flexibility index (Phi) is 6.18. The summed E-state index contributed by atoms with van der Waals surface area (Å²) in [5.74, 6) is 1.57. The van der Waals surface area contributed by atoms with Crippen LogP contribution in [0.25, 0.3) is 0 Å². The van der Waals surface area contributed by atoms with Gasteiger partial charge in [0.05, 0.1) is 12.1 Å². The maximum Gasteiger partial charge on any atom is 0.315 e. The van der Waals surface area contributed by atoms with E-state index >= 15 is 0 Å². The maximum absolute atomic E-state index is 11.8. The number of aliphatic hydroxyl groups excluding tert-OH is 1. The normalized spacial score (nSPS) is 21.8. The molecule has 0 bridgehead atoms. The first-order chi connectivity index (χ1) is 10.6. The van der Waals surface area contributed by atoms with Gasteiger partial charge >= 0.3 is 6.03 Å². The van der Waals surface area contributed by atoms with E-state index in [2.05, 4.69) is 20.8 Å². The quantitative estimate of drug-likeness (QED) is 0.695. The predicted octanol–water partition coefficient (Wildman–Crippen LogP) is 1.73. The molecule has 0 radical (unpaired) electrons. The first kappa shape index (κ1) is 16.7. The van der Waals surface area contributed by atoms with E-state index in [0.29, 0.717) is 24.7 Å². The molecular weight excluding hydrogens is 284 g/mol. The van der Waals surface area contributed by atoms with Crippen LogP contribution in [0.2, 0.25) is 0 Å². The Bertz CT molecular complexity index is 475. The smallest absolute Gasteiger partial charge is 0.315 e. The van der Waals surface area contributed by atoms with Gasteiger partial charge in [0, 0.05) is 18.9 Å². The molecular formula is C15H26N4O3. The third kappa shape index (κ3) is 4.98. The van der Waals surface area contributed by atoms with Crippen LogP contribution < -0.4 is 10.6 Å². The Morgan fingerprint density at radius 3 is 2.86 bits per heavy atom. The minimum Gasteiger partial charge on any atom is -0.391 e. The maximum atomic E-state index is 11.8. The number of amides is 2. The molecule has 7 heteroatoms. The van der Waals surface area contributed by atoms with Crippen molar-refractivity contribution in [2.24, 2.45) is 0 Å². The first-order valence-corrected chi connectivity index (χ1v) is 8.11. The van der Waals surface area contributed by atoms with E-state index in [1.165, 1.54) is 0 Å². The van der Waals surface area contributed by atoms with Gasteiger partial charge in [-0.15, -0.1) is 0 Å². The molecule has 1 aromatic rings. The number of carbonyl (C=O) groups is 1. The van der Waals surface area contributed by atoms with Gasteiger partial charge in [-0.1, -0.05) is 31.8 Å². The number of aliphatic hydroxyl groups is 1. The highest BCUT2D eigenvalue weighted by atomic mass is 16.5. The number of carbonyl (C=O) groups excluding carboxylic acids is 1. The number of hydrogen-bond acceptors (Lipinski definition) is 5. The number of aromatic nitrogens is 2. The highest BCUT2D eigenvalue weighted by molar-refractivity contribution is 5.74. The summed E-state index contributed by atoms with van der Waals surface area (Å²) in [7, 11) is 0. The molecule has 2 unspecified atom stereocenters. The fraction of sp³-hybridized carbons (Fsp3) is 0.800. The molecule has 2 atom stereocenters. The lowest BCUT2D eigenvalue weighted by atomic mass is 9.93. The average Bonchev–Trinajstić information content (AvgIpc) is 2.95. The molecule has 0 aliphatic heterocycles. The van der Waals surface area contributed by atoms with Crippen molar-refractivity contribution >= 4 is 6.03 Å². The van der Waals surface area contributed by atoms with E-state index in [1.54, 1.807) is 0 Å². The highest BCUT2D eigenvalue weighted by Gasteiger charge is 2.24. The van der Waals surface area contributed by atoms with Gasteiger partial charge in [-0.05, 0) is 19.3 Å². The number of nitrogens with zero attached hydrogens (tertiary/aromatic N) is 2. The van der Waals surface area contributed by atoms with Crippen LogP contribution in [-0.4, -0.2) is 40.0 Å². The van der Waals surface area contributed by atoms with Crippen molar-refractivity contribution < 1.29 is 14.4 Å². The number of hydrogen-bond donors (Lipinski definition) is 3. The Hall–Kier alpha value is -1.63. The summed E-state index contributed by atoms with van der Waals surface area (Å²) in [6.07, 6.45) is 4.65. The fourth-order valence-electron chi connectivity index (χ4n) is 2.54. The zero-order valence-electron chi connectivity index (χ0n) is 13.3. The van der Waals surface area contributed by atoms with Crippen molar-refractivity contribution in [3.05, 3.63) is 11.7 Å². The van der Waals surface area contributed by atoms with Crippen LogP contribution in [0.1, 0.15) is 63.6 Å². The van der Waals surface area contributed by atoms with Crippen molar-refractivity contribution in [1.82, 2.24) is 20.8 Å². The van der Waals surface area contributed by atoms with Crippen molar-refractivity contribution in [2.75, 3.05) is 6.54 Å². The van der Waals surface area contributed by atoms with Crippen molar-refractivity contribution in [2.45, 2.75) is 70.4 Å². The Morgan fingerprint density at radius 1 is 1.41 bits per heavy atom. The molecule has 1 aromatic heterocycles. The van der Waals surface area contributed by atoms with Gasteiger partial charge < -0.3 is 20.3 Å². The van der Waals surface area contributed by atoms with Gasteiger partial charge in [0.1, 0.15) is 0 Å². The number of urea groups is 1. The highest BCUT2D eigenvalue weighted by Crippen LogP contribution is 2.18. The second-order valence-corrected chi connectivity index (χ2v) is 6.16. The van der Waals surface area contributed by atoms with Crippen molar-refractivity contribution in [3.8, 4) is 0 Å². The van der Waals surface area contributed by atoms with Crippen LogP contribution in [0.5, 0.6) is 0 Å². The zero-order valence-corrected chi connectivity index (χ0v) is 13.3. The molecule has 22 heavy (non-hydrogen) atoms. The topological polar surface area (TPSA) is 100 Å². The Morgan fingerprint density at radius 2 is 2.18 bits per heavy atom. The van der Waals surface area contributed by atoms with Gasteiger partial charge in [-0.2, -0.15) is 4.98 Å². The average molecular weight is 310 g/mol. The molecule has 2 amide bonds. The van der Waals surface area contributed by atoms with Crippen LogP contribution in [0, 0.1) is 0 Å². The Balaban J connectivity index is 1.62. The molecule has 1 aliphatic carbocycles. The lowest BCUT2D eigenvalue weighted by molar-refractivity contribution is 0.0943. The van der Waals surface area contributed by atoms with Crippen LogP contribution in [0.3, 0.4) is 0 Å². The largest absolute Gasteiger partial charge is 0.391 e. The molecule has 1 saturated carbocycles. The molecule has 3 N–H and O–H groups in total. The van der Waals surface area contributed by atoms with E-state index in [4.69, 9.17) is 4.52 Å². The molecule has 0 spiro atoms. The first-order valence-electron chi connectivity index (χ1n) is 8.11. The third-order valence-electron chi connectivity index (χ3n) is 3.90. The molecule has 2 rings (SSSR count). The molecule has 0 aromatic carbocycles. The third-order valence-corrected chi connectivity index (χ3v) is 3.90. The summed E-state index contributed by atoms with van der Waals surface area (Å²) in [6, 6.07) is -0.349. The van der Waals surface area contributed by atoms with Crippen LogP contribution in [0.15, 0.2) is 4.52 Å². The van der Waals surface area contributed by atoms with Gasteiger partial charge in [-0.25, -0.2) is 4.79 Å². The lowest BCUT2D eigenvalue weighted by Gasteiger charge is -2.28. The monoisotopic (exact) mass is 310 g/mol. The van der Waals surface area contributed by atoms with Crippen LogP contribution >= 0.6 is 0 Å².